The first-order chi connectivity index (χ1) is 9.20. The Morgan fingerprint density at radius 3 is 2.74 bits per heavy atom. The van der Waals surface area contributed by atoms with Gasteiger partial charge in [-0.15, -0.1) is 10.2 Å². The van der Waals surface area contributed by atoms with E-state index >= 15 is 0 Å². The van der Waals surface area contributed by atoms with E-state index in [1.54, 1.807) is 0 Å². The summed E-state index contributed by atoms with van der Waals surface area (Å²) in [6, 6.07) is 0.511. The summed E-state index contributed by atoms with van der Waals surface area (Å²) in [6.45, 7) is 5.20. The highest BCUT2D eigenvalue weighted by Crippen LogP contribution is 2.49. The van der Waals surface area contributed by atoms with Crippen LogP contribution in [0.3, 0.4) is 0 Å². The van der Waals surface area contributed by atoms with Crippen LogP contribution in [0.15, 0.2) is 4.42 Å². The van der Waals surface area contributed by atoms with Crippen molar-refractivity contribution in [2.45, 2.75) is 58.4 Å². The fourth-order valence-electron chi connectivity index (χ4n) is 3.79. The van der Waals surface area contributed by atoms with Gasteiger partial charge in [0.25, 0.3) is 0 Å². The molecule has 3 unspecified atom stereocenters. The topological polar surface area (TPSA) is 51.0 Å². The first-order valence-corrected chi connectivity index (χ1v) is 7.75. The van der Waals surface area contributed by atoms with Crippen molar-refractivity contribution in [2.75, 3.05) is 6.54 Å². The lowest BCUT2D eigenvalue weighted by Crippen LogP contribution is -2.25. The second-order valence-corrected chi connectivity index (χ2v) is 6.59. The molecule has 1 aromatic heterocycles. The van der Waals surface area contributed by atoms with Crippen LogP contribution < -0.4 is 5.32 Å². The van der Waals surface area contributed by atoms with Crippen molar-refractivity contribution in [1.82, 2.24) is 15.5 Å². The Balaban J connectivity index is 1.48. The van der Waals surface area contributed by atoms with Gasteiger partial charge < -0.3 is 9.73 Å². The van der Waals surface area contributed by atoms with Crippen LogP contribution in [-0.2, 0) is 12.8 Å². The molecule has 0 amide bonds. The van der Waals surface area contributed by atoms with Crippen LogP contribution >= 0.6 is 0 Å². The van der Waals surface area contributed by atoms with Gasteiger partial charge in [0.1, 0.15) is 0 Å². The van der Waals surface area contributed by atoms with Gasteiger partial charge in [0.05, 0.1) is 0 Å². The molecular weight excluding hydrogens is 238 g/mol. The second kappa shape index (κ2) is 5.61. The molecular formula is C15H25N3O. The number of nitrogens with zero attached hydrogens (tertiary/aromatic N) is 2. The van der Waals surface area contributed by atoms with E-state index in [9.17, 15) is 0 Å². The van der Waals surface area contributed by atoms with E-state index in [1.807, 2.05) is 0 Å². The van der Waals surface area contributed by atoms with Gasteiger partial charge in [-0.05, 0) is 37.0 Å². The van der Waals surface area contributed by atoms with Crippen LogP contribution in [0, 0.1) is 17.8 Å². The number of hydrogen-bond donors (Lipinski definition) is 1. The Hall–Kier alpha value is -0.900. The second-order valence-electron chi connectivity index (χ2n) is 6.59. The number of aromatic nitrogens is 2. The van der Waals surface area contributed by atoms with Crippen molar-refractivity contribution >= 4 is 0 Å². The van der Waals surface area contributed by atoms with Crippen LogP contribution in [0.25, 0.3) is 0 Å². The quantitative estimate of drug-likeness (QED) is 0.857. The molecule has 0 aliphatic heterocycles. The van der Waals surface area contributed by atoms with Gasteiger partial charge in [-0.25, -0.2) is 0 Å². The average Bonchev–Trinajstić information content (AvgIpc) is 3.05. The summed E-state index contributed by atoms with van der Waals surface area (Å²) in [6.07, 6.45) is 7.56. The lowest BCUT2D eigenvalue weighted by molar-refractivity contribution is 0.303. The normalized spacial score (nSPS) is 29.5. The first kappa shape index (κ1) is 13.1. The highest BCUT2D eigenvalue weighted by Gasteiger charge is 2.39. The van der Waals surface area contributed by atoms with Crippen molar-refractivity contribution in [3.63, 3.8) is 0 Å². The van der Waals surface area contributed by atoms with Crippen LogP contribution in [-0.4, -0.2) is 22.8 Å². The minimum Gasteiger partial charge on any atom is -0.425 e. The Morgan fingerprint density at radius 1 is 1.21 bits per heavy atom. The Labute approximate surface area is 115 Å². The van der Waals surface area contributed by atoms with E-state index in [0.29, 0.717) is 6.04 Å². The maximum atomic E-state index is 5.77. The van der Waals surface area contributed by atoms with Crippen LogP contribution in [0.2, 0.25) is 0 Å². The van der Waals surface area contributed by atoms with Gasteiger partial charge in [0, 0.05) is 25.4 Å². The number of rotatable bonds is 6. The molecule has 1 aromatic rings. The SMILES string of the molecule is CC(C)NCCc1nnc(CC2CC3CCC2C3)o1. The molecule has 3 rings (SSSR count). The molecule has 2 aliphatic carbocycles. The lowest BCUT2D eigenvalue weighted by Gasteiger charge is -2.19. The Morgan fingerprint density at radius 2 is 2.05 bits per heavy atom. The van der Waals surface area contributed by atoms with E-state index in [-0.39, 0.29) is 0 Å². The van der Waals surface area contributed by atoms with Crippen molar-refractivity contribution in [1.29, 1.82) is 0 Å². The molecule has 106 valence electrons. The highest BCUT2D eigenvalue weighted by molar-refractivity contribution is 4.94. The summed E-state index contributed by atoms with van der Waals surface area (Å²) in [5.41, 5.74) is 0. The molecule has 1 N–H and O–H groups in total. The number of fused-ring (bicyclic) bond motifs is 2. The Kier molecular flexibility index (Phi) is 3.87. The van der Waals surface area contributed by atoms with E-state index < -0.39 is 0 Å². The average molecular weight is 263 g/mol. The van der Waals surface area contributed by atoms with E-state index in [4.69, 9.17) is 4.42 Å². The zero-order valence-corrected chi connectivity index (χ0v) is 12.1. The Bertz CT molecular complexity index is 415. The van der Waals surface area contributed by atoms with Crippen LogP contribution in [0.4, 0.5) is 0 Å². The van der Waals surface area contributed by atoms with E-state index in [1.165, 1.54) is 25.7 Å². The predicted molar refractivity (Wildman–Crippen MR) is 73.8 cm³/mol. The predicted octanol–water partition coefficient (Wildman–Crippen LogP) is 2.59. The van der Waals surface area contributed by atoms with Gasteiger partial charge in [0.15, 0.2) is 0 Å². The molecule has 1 heterocycles. The third-order valence-electron chi connectivity index (χ3n) is 4.72. The summed E-state index contributed by atoms with van der Waals surface area (Å²) in [5, 5.41) is 11.7. The summed E-state index contributed by atoms with van der Waals surface area (Å²) >= 11 is 0. The summed E-state index contributed by atoms with van der Waals surface area (Å²) in [4.78, 5) is 0. The zero-order chi connectivity index (χ0) is 13.2. The van der Waals surface area contributed by atoms with Crippen molar-refractivity contribution in [3.8, 4) is 0 Å². The minimum absolute atomic E-state index is 0.511. The number of nitrogens with one attached hydrogen (secondary N) is 1. The van der Waals surface area contributed by atoms with Gasteiger partial charge in [0.2, 0.25) is 11.8 Å². The van der Waals surface area contributed by atoms with E-state index in [0.717, 1.165) is 48.9 Å². The molecule has 0 radical (unpaired) electrons. The number of hydrogen-bond acceptors (Lipinski definition) is 4. The maximum absolute atomic E-state index is 5.77. The molecule has 2 fully saturated rings. The van der Waals surface area contributed by atoms with Gasteiger partial charge in [-0.1, -0.05) is 20.3 Å². The fraction of sp³-hybridized carbons (Fsp3) is 0.867. The van der Waals surface area contributed by atoms with Gasteiger partial charge >= 0.3 is 0 Å². The fourth-order valence-corrected chi connectivity index (χ4v) is 3.79. The van der Waals surface area contributed by atoms with Crippen molar-refractivity contribution in [3.05, 3.63) is 11.8 Å². The van der Waals surface area contributed by atoms with Crippen LogP contribution in [0.1, 0.15) is 51.3 Å². The lowest BCUT2D eigenvalue weighted by atomic mass is 9.86. The standard InChI is InChI=1S/C15H25N3O/c1-10(2)16-6-5-14-17-18-15(19-14)9-13-8-11-3-4-12(13)7-11/h10-13,16H,3-9H2,1-2H3. The summed E-state index contributed by atoms with van der Waals surface area (Å²) in [5.74, 6) is 4.37. The molecule has 4 nitrogen and oxygen atoms in total. The van der Waals surface area contributed by atoms with Crippen molar-refractivity contribution < 1.29 is 4.42 Å². The molecule has 2 saturated carbocycles. The van der Waals surface area contributed by atoms with Gasteiger partial charge in [-0.2, -0.15) is 0 Å². The zero-order valence-electron chi connectivity index (χ0n) is 12.1. The third kappa shape index (κ3) is 3.16. The molecule has 0 aromatic carbocycles. The minimum atomic E-state index is 0.511. The van der Waals surface area contributed by atoms with Crippen molar-refractivity contribution in [2.24, 2.45) is 17.8 Å². The first-order valence-electron chi connectivity index (χ1n) is 7.75. The molecule has 2 bridgehead atoms. The summed E-state index contributed by atoms with van der Waals surface area (Å²) < 4.78 is 5.77. The third-order valence-corrected chi connectivity index (χ3v) is 4.72. The largest absolute Gasteiger partial charge is 0.425 e. The van der Waals surface area contributed by atoms with Gasteiger partial charge in [-0.3, -0.25) is 0 Å². The summed E-state index contributed by atoms with van der Waals surface area (Å²) in [7, 11) is 0. The highest BCUT2D eigenvalue weighted by atomic mass is 16.4. The molecule has 19 heavy (non-hydrogen) atoms. The molecule has 3 atom stereocenters. The molecule has 0 spiro atoms. The molecule has 0 saturated heterocycles. The smallest absolute Gasteiger partial charge is 0.217 e. The van der Waals surface area contributed by atoms with Crippen LogP contribution in [0.5, 0.6) is 0 Å². The van der Waals surface area contributed by atoms with E-state index in [2.05, 4.69) is 29.4 Å². The maximum Gasteiger partial charge on any atom is 0.217 e. The monoisotopic (exact) mass is 263 g/mol. The molecule has 4 heteroatoms. The molecule has 2 aliphatic rings.